The van der Waals surface area contributed by atoms with Crippen LogP contribution < -0.4 is 0 Å². The van der Waals surface area contributed by atoms with Gasteiger partial charge in [-0.2, -0.15) is 0 Å². The third kappa shape index (κ3) is 5.60. The van der Waals surface area contributed by atoms with Gasteiger partial charge >= 0.3 is 11.9 Å². The van der Waals surface area contributed by atoms with Crippen molar-refractivity contribution in [1.82, 2.24) is 0 Å². The van der Waals surface area contributed by atoms with Crippen molar-refractivity contribution in [3.05, 3.63) is 23.8 Å². The van der Waals surface area contributed by atoms with E-state index in [-0.39, 0.29) is 36.2 Å². The fraction of sp³-hybridized carbons (Fsp3) is 0.769. The van der Waals surface area contributed by atoms with E-state index in [4.69, 9.17) is 14.2 Å². The highest BCUT2D eigenvalue weighted by Gasteiger charge is 2.43. The van der Waals surface area contributed by atoms with E-state index in [2.05, 4.69) is 32.1 Å². The molecular formula is C26H40O5. The molecule has 2 aliphatic carbocycles. The van der Waals surface area contributed by atoms with E-state index in [0.717, 1.165) is 32.1 Å². The van der Waals surface area contributed by atoms with E-state index in [1.54, 1.807) is 7.11 Å². The predicted molar refractivity (Wildman–Crippen MR) is 120 cm³/mol. The Morgan fingerprint density at radius 3 is 2.65 bits per heavy atom. The Morgan fingerprint density at radius 2 is 1.97 bits per heavy atom. The monoisotopic (exact) mass is 432 g/mol. The minimum atomic E-state index is -0.471. The average molecular weight is 433 g/mol. The van der Waals surface area contributed by atoms with Crippen molar-refractivity contribution in [2.75, 3.05) is 7.11 Å². The van der Waals surface area contributed by atoms with Gasteiger partial charge in [-0.05, 0) is 62.9 Å². The SMILES string of the molecule is CCC(C)(C)C(=O)O[C@H]1C[C@@H](C)C=C2C=C[C@H](C)[C@H](CC[C@H]3C[C@@H](OC)CC(=O)O3)[C@H]21. The average Bonchev–Trinajstić information content (AvgIpc) is 2.72. The normalized spacial score (nSPS) is 35.7. The lowest BCUT2D eigenvalue weighted by Gasteiger charge is -2.44. The Labute approximate surface area is 187 Å². The summed E-state index contributed by atoms with van der Waals surface area (Å²) in [6.07, 6.45) is 11.1. The maximum Gasteiger partial charge on any atom is 0.311 e. The van der Waals surface area contributed by atoms with Gasteiger partial charge in [0, 0.05) is 19.4 Å². The number of methoxy groups -OCH3 is 1. The Balaban J connectivity index is 1.75. The molecule has 5 heteroatoms. The number of rotatable bonds is 7. The lowest BCUT2D eigenvalue weighted by molar-refractivity contribution is -0.166. The van der Waals surface area contributed by atoms with E-state index in [1.807, 2.05) is 20.8 Å². The van der Waals surface area contributed by atoms with Crippen LogP contribution in [-0.2, 0) is 23.8 Å². The van der Waals surface area contributed by atoms with E-state index >= 15 is 0 Å². The number of cyclic esters (lactones) is 1. The van der Waals surface area contributed by atoms with E-state index in [0.29, 0.717) is 24.2 Å². The first-order valence-electron chi connectivity index (χ1n) is 12.0. The molecule has 1 saturated heterocycles. The number of carbonyl (C=O) groups is 2. The summed E-state index contributed by atoms with van der Waals surface area (Å²) in [7, 11) is 1.66. The Morgan fingerprint density at radius 1 is 1.23 bits per heavy atom. The first-order chi connectivity index (χ1) is 14.6. The summed E-state index contributed by atoms with van der Waals surface area (Å²) in [5, 5.41) is 0. The highest BCUT2D eigenvalue weighted by atomic mass is 16.6. The van der Waals surface area contributed by atoms with Gasteiger partial charge in [-0.3, -0.25) is 9.59 Å². The van der Waals surface area contributed by atoms with E-state index in [1.165, 1.54) is 5.57 Å². The van der Waals surface area contributed by atoms with Gasteiger partial charge in [0.1, 0.15) is 12.2 Å². The van der Waals surface area contributed by atoms with Gasteiger partial charge in [0.15, 0.2) is 0 Å². The molecule has 174 valence electrons. The number of fused-ring (bicyclic) bond motifs is 1. The van der Waals surface area contributed by atoms with Gasteiger partial charge in [-0.15, -0.1) is 0 Å². The van der Waals surface area contributed by atoms with Gasteiger partial charge in [-0.1, -0.05) is 39.0 Å². The number of hydrogen-bond acceptors (Lipinski definition) is 5. The summed E-state index contributed by atoms with van der Waals surface area (Å²) < 4.78 is 17.2. The summed E-state index contributed by atoms with van der Waals surface area (Å²) >= 11 is 0. The molecule has 0 aromatic heterocycles. The molecule has 0 aromatic carbocycles. The Bertz CT molecular complexity index is 721. The van der Waals surface area contributed by atoms with Crippen molar-refractivity contribution >= 4 is 11.9 Å². The maximum atomic E-state index is 12.9. The molecule has 0 N–H and O–H groups in total. The summed E-state index contributed by atoms with van der Waals surface area (Å²) in [6.45, 7) is 10.4. The van der Waals surface area contributed by atoms with E-state index < -0.39 is 5.41 Å². The van der Waals surface area contributed by atoms with Crippen LogP contribution in [0, 0.1) is 29.1 Å². The van der Waals surface area contributed by atoms with Gasteiger partial charge in [-0.25, -0.2) is 0 Å². The molecule has 1 aliphatic heterocycles. The quantitative estimate of drug-likeness (QED) is 0.515. The van der Waals surface area contributed by atoms with Crippen molar-refractivity contribution in [3.63, 3.8) is 0 Å². The lowest BCUT2D eigenvalue weighted by atomic mass is 9.65. The second-order valence-corrected chi connectivity index (χ2v) is 10.5. The minimum Gasteiger partial charge on any atom is -0.462 e. The molecule has 7 atom stereocenters. The largest absolute Gasteiger partial charge is 0.462 e. The first-order valence-corrected chi connectivity index (χ1v) is 12.0. The van der Waals surface area contributed by atoms with Crippen molar-refractivity contribution in [2.24, 2.45) is 29.1 Å². The zero-order chi connectivity index (χ0) is 22.8. The van der Waals surface area contributed by atoms with Gasteiger partial charge in [0.05, 0.1) is 17.9 Å². The fourth-order valence-electron chi connectivity index (χ4n) is 5.24. The highest BCUT2D eigenvalue weighted by Crippen LogP contribution is 2.45. The molecule has 31 heavy (non-hydrogen) atoms. The first kappa shape index (κ1) is 24.0. The zero-order valence-electron chi connectivity index (χ0n) is 20.1. The van der Waals surface area contributed by atoms with Crippen LogP contribution in [0.5, 0.6) is 0 Å². The van der Waals surface area contributed by atoms with Crippen LogP contribution in [-0.4, -0.2) is 37.4 Å². The smallest absolute Gasteiger partial charge is 0.311 e. The molecule has 0 radical (unpaired) electrons. The number of ether oxygens (including phenoxy) is 3. The molecule has 0 spiro atoms. The molecule has 0 bridgehead atoms. The van der Waals surface area contributed by atoms with Crippen LogP contribution >= 0.6 is 0 Å². The molecular weight excluding hydrogens is 392 g/mol. The van der Waals surface area contributed by atoms with Crippen molar-refractivity contribution in [2.45, 2.75) is 91.5 Å². The third-order valence-electron chi connectivity index (χ3n) is 7.66. The fourth-order valence-corrected chi connectivity index (χ4v) is 5.24. The summed E-state index contributed by atoms with van der Waals surface area (Å²) in [6, 6.07) is 0. The van der Waals surface area contributed by atoms with E-state index in [9.17, 15) is 9.59 Å². The summed E-state index contributed by atoms with van der Waals surface area (Å²) in [4.78, 5) is 24.9. The van der Waals surface area contributed by atoms with Crippen LogP contribution in [0.25, 0.3) is 0 Å². The van der Waals surface area contributed by atoms with Gasteiger partial charge in [0.25, 0.3) is 0 Å². The zero-order valence-corrected chi connectivity index (χ0v) is 20.1. The Hall–Kier alpha value is -1.62. The second-order valence-electron chi connectivity index (χ2n) is 10.5. The molecule has 5 nitrogen and oxygen atoms in total. The van der Waals surface area contributed by atoms with Gasteiger partial charge in [0.2, 0.25) is 0 Å². The van der Waals surface area contributed by atoms with Crippen molar-refractivity contribution < 1.29 is 23.8 Å². The third-order valence-corrected chi connectivity index (χ3v) is 7.66. The molecule has 1 heterocycles. The lowest BCUT2D eigenvalue weighted by Crippen LogP contribution is -2.43. The van der Waals surface area contributed by atoms with Crippen molar-refractivity contribution in [1.29, 1.82) is 0 Å². The molecule has 0 saturated carbocycles. The standard InChI is InChI=1S/C26H40O5/c1-7-26(4,5)25(28)31-22-13-16(2)12-18-9-8-17(3)21(24(18)22)11-10-19-14-20(29-6)15-23(27)30-19/h8-9,12,16-17,19-22,24H,7,10-11,13-15H2,1-6H3/t16-,17-,19-,20+,21-,22-,24-/m0/s1. The molecule has 0 unspecified atom stereocenters. The number of hydrogen-bond donors (Lipinski definition) is 0. The molecule has 0 aromatic rings. The molecule has 3 rings (SSSR count). The van der Waals surface area contributed by atoms with Crippen LogP contribution in [0.4, 0.5) is 0 Å². The molecule has 1 fully saturated rings. The van der Waals surface area contributed by atoms with Crippen LogP contribution in [0.2, 0.25) is 0 Å². The predicted octanol–water partition coefficient (Wildman–Crippen LogP) is 5.24. The summed E-state index contributed by atoms with van der Waals surface area (Å²) in [5.41, 5.74) is 0.825. The van der Waals surface area contributed by atoms with Crippen LogP contribution in [0.3, 0.4) is 0 Å². The maximum absolute atomic E-state index is 12.9. The van der Waals surface area contributed by atoms with Crippen LogP contribution in [0.15, 0.2) is 23.8 Å². The van der Waals surface area contributed by atoms with Gasteiger partial charge < -0.3 is 14.2 Å². The summed E-state index contributed by atoms with van der Waals surface area (Å²) in [5.74, 6) is 1.06. The Kier molecular flexibility index (Phi) is 7.67. The van der Waals surface area contributed by atoms with Crippen LogP contribution in [0.1, 0.15) is 73.1 Å². The molecule has 3 aliphatic rings. The second kappa shape index (κ2) is 9.89. The van der Waals surface area contributed by atoms with Crippen molar-refractivity contribution in [3.8, 4) is 0 Å². The number of allylic oxidation sites excluding steroid dienone is 3. The topological polar surface area (TPSA) is 61.8 Å². The number of carbonyl (C=O) groups excluding carboxylic acids is 2. The minimum absolute atomic E-state index is 0.0501. The highest BCUT2D eigenvalue weighted by molar-refractivity contribution is 5.76. The molecule has 0 amide bonds. The number of esters is 2.